The van der Waals surface area contributed by atoms with E-state index in [0.717, 1.165) is 31.8 Å². The fraction of sp³-hybridized carbons (Fsp3) is 0.500. The summed E-state index contributed by atoms with van der Waals surface area (Å²) >= 11 is 0. The van der Waals surface area contributed by atoms with E-state index in [1.807, 2.05) is 18.2 Å². The minimum Gasteiger partial charge on any atom is -0.337 e. The second-order valence-corrected chi connectivity index (χ2v) is 4.21. The number of hydrogen-bond acceptors (Lipinski definition) is 3. The smallest absolute Gasteiger partial charge is 0.168 e. The van der Waals surface area contributed by atoms with Crippen molar-refractivity contribution in [2.75, 3.05) is 19.6 Å². The molecule has 1 radical (unpaired) electrons. The molecule has 0 bridgehead atoms. The first-order chi connectivity index (χ1) is 7.93. The Kier molecular flexibility index (Phi) is 2.78. The molecule has 0 amide bonds. The first-order valence-corrected chi connectivity index (χ1v) is 5.72. The highest BCUT2D eigenvalue weighted by Crippen LogP contribution is 2.27. The zero-order chi connectivity index (χ0) is 10.8. The number of nitrogens with one attached hydrogen (secondary N) is 1. The predicted octanol–water partition coefficient (Wildman–Crippen LogP) is 0.498. The average Bonchev–Trinajstić information content (AvgIpc) is 2.39. The second kappa shape index (κ2) is 4.41. The molecule has 16 heavy (non-hydrogen) atoms. The molecule has 1 aromatic carbocycles. The van der Waals surface area contributed by atoms with E-state index < -0.39 is 0 Å². The van der Waals surface area contributed by atoms with E-state index in [2.05, 4.69) is 16.7 Å². The first-order valence-electron chi connectivity index (χ1n) is 5.72. The summed E-state index contributed by atoms with van der Waals surface area (Å²) in [6.07, 6.45) is 0.925. The summed E-state index contributed by atoms with van der Waals surface area (Å²) in [7, 11) is 0. The minimum absolute atomic E-state index is 0.0442. The molecule has 0 aromatic heterocycles. The molecule has 2 unspecified atom stereocenters. The molecule has 3 rings (SSSR count). The summed E-state index contributed by atoms with van der Waals surface area (Å²) in [6.45, 7) is 2.73. The van der Waals surface area contributed by atoms with Gasteiger partial charge in [-0.05, 0) is 6.07 Å². The molecule has 1 aromatic rings. The Morgan fingerprint density at radius 2 is 2.25 bits per heavy atom. The van der Waals surface area contributed by atoms with Crippen LogP contribution in [0.1, 0.15) is 5.56 Å². The van der Waals surface area contributed by atoms with E-state index in [1.165, 1.54) is 5.56 Å². The van der Waals surface area contributed by atoms with Crippen LogP contribution in [0.3, 0.4) is 0 Å². The highest BCUT2D eigenvalue weighted by Gasteiger charge is 2.30. The third-order valence-corrected chi connectivity index (χ3v) is 3.09. The molecule has 2 atom stereocenters. The molecular formula is C12H15N2O2. The van der Waals surface area contributed by atoms with Gasteiger partial charge in [0.15, 0.2) is 5.75 Å². The van der Waals surface area contributed by atoms with Crippen molar-refractivity contribution in [3.63, 3.8) is 0 Å². The van der Waals surface area contributed by atoms with Crippen LogP contribution in [0, 0.1) is 0 Å². The van der Waals surface area contributed by atoms with E-state index in [4.69, 9.17) is 9.78 Å². The number of hydrogen-bond donors (Lipinski definition) is 1. The van der Waals surface area contributed by atoms with Gasteiger partial charge in [0.05, 0.1) is 6.04 Å². The van der Waals surface area contributed by atoms with Gasteiger partial charge in [-0.2, -0.15) is 4.89 Å². The van der Waals surface area contributed by atoms with Crippen LogP contribution in [0.25, 0.3) is 0 Å². The molecule has 1 N–H and O–H groups in total. The van der Waals surface area contributed by atoms with Crippen molar-refractivity contribution >= 4 is 0 Å². The van der Waals surface area contributed by atoms with E-state index in [1.54, 1.807) is 0 Å². The molecule has 4 nitrogen and oxygen atoms in total. The molecule has 2 aliphatic rings. The standard InChI is InChI=1S/C12H15N2O2/c1-2-4-11-9(3-1)7-12(16-15-11)10-8-13-5-6-14-10/h1-4,10,12-13H,5-8H2. The molecule has 0 spiro atoms. The Labute approximate surface area is 94.9 Å². The molecule has 2 aliphatic heterocycles. The molecule has 2 heterocycles. The fourth-order valence-electron chi connectivity index (χ4n) is 2.19. The fourth-order valence-corrected chi connectivity index (χ4v) is 2.19. The molecule has 1 saturated heterocycles. The zero-order valence-corrected chi connectivity index (χ0v) is 9.06. The lowest BCUT2D eigenvalue weighted by atomic mass is 9.99. The van der Waals surface area contributed by atoms with Gasteiger partial charge in [-0.15, -0.1) is 0 Å². The van der Waals surface area contributed by atoms with Gasteiger partial charge >= 0.3 is 0 Å². The maximum Gasteiger partial charge on any atom is 0.168 e. The highest BCUT2D eigenvalue weighted by atomic mass is 17.2. The zero-order valence-electron chi connectivity index (χ0n) is 9.06. The third kappa shape index (κ3) is 1.91. The number of benzene rings is 1. The number of para-hydroxylation sites is 1. The van der Waals surface area contributed by atoms with E-state index in [0.29, 0.717) is 0 Å². The topological polar surface area (TPSA) is 44.6 Å². The summed E-state index contributed by atoms with van der Waals surface area (Å²) in [5.41, 5.74) is 1.21. The van der Waals surface area contributed by atoms with Gasteiger partial charge in [0.2, 0.25) is 0 Å². The maximum atomic E-state index is 5.41. The Bertz CT molecular complexity index is 364. The molecule has 0 aliphatic carbocycles. The summed E-state index contributed by atoms with van der Waals surface area (Å²) in [4.78, 5) is 10.7. The third-order valence-electron chi connectivity index (χ3n) is 3.09. The lowest BCUT2D eigenvalue weighted by molar-refractivity contribution is -0.261. The van der Waals surface area contributed by atoms with Gasteiger partial charge in [0.1, 0.15) is 6.10 Å². The Balaban J connectivity index is 1.72. The second-order valence-electron chi connectivity index (χ2n) is 4.21. The van der Waals surface area contributed by atoms with Crippen molar-refractivity contribution in [3.8, 4) is 5.75 Å². The van der Waals surface area contributed by atoms with Crippen LogP contribution in [0.2, 0.25) is 0 Å². The van der Waals surface area contributed by atoms with Gasteiger partial charge in [-0.1, -0.05) is 18.2 Å². The number of piperazine rings is 1. The summed E-state index contributed by atoms with van der Waals surface area (Å²) in [5, 5.41) is 7.89. The van der Waals surface area contributed by atoms with Gasteiger partial charge in [-0.3, -0.25) is 0 Å². The lowest BCUT2D eigenvalue weighted by Gasteiger charge is -2.32. The van der Waals surface area contributed by atoms with Crippen LogP contribution in [0.4, 0.5) is 0 Å². The van der Waals surface area contributed by atoms with Crippen LogP contribution < -0.4 is 15.5 Å². The maximum absolute atomic E-state index is 5.41. The Hall–Kier alpha value is -1.10. The molecule has 0 saturated carbocycles. The molecule has 1 fully saturated rings. The summed E-state index contributed by atoms with van der Waals surface area (Å²) < 4.78 is 0. The molecular weight excluding hydrogens is 204 g/mol. The average molecular weight is 219 g/mol. The summed E-state index contributed by atoms with van der Waals surface area (Å²) in [6, 6.07) is 8.21. The van der Waals surface area contributed by atoms with Crippen LogP contribution >= 0.6 is 0 Å². The van der Waals surface area contributed by atoms with E-state index in [-0.39, 0.29) is 12.1 Å². The van der Waals surface area contributed by atoms with Crippen LogP contribution in [0.5, 0.6) is 5.75 Å². The Morgan fingerprint density at radius 1 is 1.31 bits per heavy atom. The van der Waals surface area contributed by atoms with E-state index >= 15 is 0 Å². The normalized spacial score (nSPS) is 29.2. The first kappa shape index (κ1) is 10.1. The van der Waals surface area contributed by atoms with Crippen molar-refractivity contribution < 1.29 is 9.78 Å². The monoisotopic (exact) mass is 219 g/mol. The van der Waals surface area contributed by atoms with Crippen molar-refractivity contribution in [3.05, 3.63) is 29.8 Å². The van der Waals surface area contributed by atoms with Gasteiger partial charge in [-0.25, -0.2) is 5.32 Å². The van der Waals surface area contributed by atoms with Crippen LogP contribution in [-0.2, 0) is 11.3 Å². The van der Waals surface area contributed by atoms with Crippen molar-refractivity contribution in [1.29, 1.82) is 0 Å². The van der Waals surface area contributed by atoms with Crippen molar-refractivity contribution in [1.82, 2.24) is 10.6 Å². The number of rotatable bonds is 1. The van der Waals surface area contributed by atoms with Crippen molar-refractivity contribution in [2.24, 2.45) is 0 Å². The minimum atomic E-state index is 0.0442. The van der Waals surface area contributed by atoms with Gasteiger partial charge in [0, 0.05) is 31.6 Å². The van der Waals surface area contributed by atoms with Gasteiger partial charge in [0.25, 0.3) is 0 Å². The largest absolute Gasteiger partial charge is 0.337 e. The molecule has 4 heteroatoms. The Morgan fingerprint density at radius 3 is 3.12 bits per heavy atom. The highest BCUT2D eigenvalue weighted by molar-refractivity contribution is 5.34. The quantitative estimate of drug-likeness (QED) is 0.699. The number of fused-ring (bicyclic) bond motifs is 1. The lowest BCUT2D eigenvalue weighted by Crippen LogP contribution is -2.52. The van der Waals surface area contributed by atoms with Gasteiger partial charge < -0.3 is 10.2 Å². The van der Waals surface area contributed by atoms with Crippen molar-refractivity contribution in [2.45, 2.75) is 18.6 Å². The molecule has 85 valence electrons. The van der Waals surface area contributed by atoms with Crippen LogP contribution in [-0.4, -0.2) is 31.8 Å². The van der Waals surface area contributed by atoms with E-state index in [9.17, 15) is 0 Å². The van der Waals surface area contributed by atoms with Crippen LogP contribution in [0.15, 0.2) is 24.3 Å². The summed E-state index contributed by atoms with van der Waals surface area (Å²) in [5.74, 6) is 0.836. The number of nitrogens with zero attached hydrogens (tertiary/aromatic N) is 1. The SMILES string of the molecule is c1ccc2c(c1)CC(C1CNCC[N]1)OO2. The predicted molar refractivity (Wildman–Crippen MR) is 59.3 cm³/mol.